The maximum atomic E-state index is 12.9. The molecule has 0 spiro atoms. The van der Waals surface area contributed by atoms with Crippen molar-refractivity contribution >= 4 is 27.0 Å². The molecule has 1 saturated carbocycles. The quantitative estimate of drug-likeness (QED) is 0.482. The highest BCUT2D eigenvalue weighted by atomic mass is 32.2. The highest BCUT2D eigenvalue weighted by Crippen LogP contribution is 2.32. The lowest BCUT2D eigenvalue weighted by molar-refractivity contribution is 0.0730. The van der Waals surface area contributed by atoms with Gasteiger partial charge < -0.3 is 9.30 Å². The van der Waals surface area contributed by atoms with Gasteiger partial charge in [-0.05, 0) is 49.6 Å². The van der Waals surface area contributed by atoms with Gasteiger partial charge in [-0.3, -0.25) is 0 Å². The van der Waals surface area contributed by atoms with E-state index in [2.05, 4.69) is 41.1 Å². The fourth-order valence-electron chi connectivity index (χ4n) is 4.77. The van der Waals surface area contributed by atoms with Gasteiger partial charge in [0.2, 0.25) is 10.0 Å². The van der Waals surface area contributed by atoms with Gasteiger partial charge >= 0.3 is 0 Å². The van der Waals surface area contributed by atoms with E-state index in [0.29, 0.717) is 37.2 Å². The van der Waals surface area contributed by atoms with Gasteiger partial charge in [0.15, 0.2) is 4.80 Å². The number of benzene rings is 2. The van der Waals surface area contributed by atoms with Crippen molar-refractivity contribution in [2.75, 3.05) is 26.3 Å². The first-order valence-electron chi connectivity index (χ1n) is 12.0. The van der Waals surface area contributed by atoms with E-state index in [1.54, 1.807) is 23.5 Å². The summed E-state index contributed by atoms with van der Waals surface area (Å²) in [4.78, 5) is 6.24. The molecule has 3 aromatic rings. The molecule has 0 bridgehead atoms. The number of aryl methyl sites for hydroxylation is 1. The number of thiazole rings is 1. The van der Waals surface area contributed by atoms with Gasteiger partial charge in [-0.1, -0.05) is 49.1 Å². The minimum Gasteiger partial charge on any atom is -0.379 e. The van der Waals surface area contributed by atoms with E-state index in [4.69, 9.17) is 9.73 Å². The summed E-state index contributed by atoms with van der Waals surface area (Å²) in [5.74, 6) is 0. The molecule has 180 valence electrons. The lowest BCUT2D eigenvalue weighted by Gasteiger charge is -2.26. The Balaban J connectivity index is 1.50. The molecule has 6 nitrogen and oxygen atoms in total. The Labute approximate surface area is 205 Å². The molecule has 1 aliphatic heterocycles. The number of sulfonamides is 1. The Bertz CT molecular complexity index is 1280. The van der Waals surface area contributed by atoms with Crippen molar-refractivity contribution in [3.05, 3.63) is 64.3 Å². The van der Waals surface area contributed by atoms with Crippen LogP contribution in [0, 0.1) is 6.92 Å². The van der Waals surface area contributed by atoms with Gasteiger partial charge in [-0.25, -0.2) is 13.4 Å². The molecule has 0 atom stereocenters. The van der Waals surface area contributed by atoms with E-state index in [9.17, 15) is 8.42 Å². The fraction of sp³-hybridized carbons (Fsp3) is 0.423. The summed E-state index contributed by atoms with van der Waals surface area (Å²) >= 11 is 1.65. The lowest BCUT2D eigenvalue weighted by Crippen LogP contribution is -2.40. The molecule has 1 aliphatic carbocycles. The summed E-state index contributed by atoms with van der Waals surface area (Å²) in [5, 5.41) is 2.20. The molecule has 0 radical (unpaired) electrons. The van der Waals surface area contributed by atoms with Gasteiger partial charge in [0.1, 0.15) is 0 Å². The van der Waals surface area contributed by atoms with Crippen LogP contribution >= 0.6 is 11.3 Å². The summed E-state index contributed by atoms with van der Waals surface area (Å²) in [6.07, 6.45) is 6.12. The molecular weight excluding hydrogens is 466 g/mol. The maximum Gasteiger partial charge on any atom is 0.243 e. The number of hydrogen-bond donors (Lipinski definition) is 0. The van der Waals surface area contributed by atoms with Crippen LogP contribution in [0.4, 0.5) is 5.69 Å². The summed E-state index contributed by atoms with van der Waals surface area (Å²) in [6, 6.07) is 16.1. The number of morpholine rings is 1. The number of nitrogens with zero attached hydrogens (tertiary/aromatic N) is 3. The van der Waals surface area contributed by atoms with E-state index >= 15 is 0 Å². The van der Waals surface area contributed by atoms with Crippen molar-refractivity contribution in [1.82, 2.24) is 8.87 Å². The Hall–Kier alpha value is -2.26. The van der Waals surface area contributed by atoms with Crippen LogP contribution in [-0.4, -0.2) is 43.6 Å². The van der Waals surface area contributed by atoms with E-state index in [0.717, 1.165) is 10.5 Å². The standard InChI is InChI=1S/C26H31N3O3S2/c1-20-7-9-21(10-8-20)25-19-33-26(29(25)23-5-3-2-4-6-23)27-22-11-13-24(14-12-22)34(30,31)28-15-17-32-18-16-28/h7-14,19,23H,2-6,15-18H2,1H3. The van der Waals surface area contributed by atoms with Crippen molar-refractivity contribution in [3.8, 4) is 11.3 Å². The average Bonchev–Trinajstić information content (AvgIpc) is 3.29. The minimum atomic E-state index is -3.50. The molecule has 0 N–H and O–H groups in total. The Kier molecular flexibility index (Phi) is 7.01. The van der Waals surface area contributed by atoms with Crippen LogP contribution in [-0.2, 0) is 14.8 Å². The number of hydrogen-bond acceptors (Lipinski definition) is 5. The fourth-order valence-corrected chi connectivity index (χ4v) is 7.16. The summed E-state index contributed by atoms with van der Waals surface area (Å²) < 4.78 is 35.1. The minimum absolute atomic E-state index is 0.306. The zero-order valence-corrected chi connectivity index (χ0v) is 21.2. The lowest BCUT2D eigenvalue weighted by atomic mass is 9.95. The first-order valence-corrected chi connectivity index (χ1v) is 14.3. The molecule has 1 aromatic heterocycles. The Morgan fingerprint density at radius 3 is 2.29 bits per heavy atom. The number of rotatable bonds is 5. The third-order valence-electron chi connectivity index (χ3n) is 6.70. The van der Waals surface area contributed by atoms with Crippen LogP contribution in [0.5, 0.6) is 0 Å². The molecule has 0 amide bonds. The molecule has 1 saturated heterocycles. The van der Waals surface area contributed by atoms with E-state index in [1.807, 2.05) is 12.1 Å². The zero-order valence-electron chi connectivity index (χ0n) is 19.5. The van der Waals surface area contributed by atoms with Crippen LogP contribution in [0.1, 0.15) is 43.7 Å². The number of aromatic nitrogens is 1. The van der Waals surface area contributed by atoms with E-state index < -0.39 is 10.0 Å². The highest BCUT2D eigenvalue weighted by molar-refractivity contribution is 7.89. The molecule has 2 aromatic carbocycles. The van der Waals surface area contributed by atoms with Crippen LogP contribution in [0.25, 0.3) is 11.3 Å². The molecule has 0 unspecified atom stereocenters. The first-order chi connectivity index (χ1) is 16.5. The second-order valence-corrected chi connectivity index (χ2v) is 11.8. The normalized spacial score (nSPS) is 18.9. The van der Waals surface area contributed by atoms with Gasteiger partial charge in [-0.15, -0.1) is 11.3 Å². The highest BCUT2D eigenvalue weighted by Gasteiger charge is 2.26. The smallest absolute Gasteiger partial charge is 0.243 e. The third-order valence-corrected chi connectivity index (χ3v) is 9.45. The average molecular weight is 498 g/mol. The first kappa shape index (κ1) is 23.5. The largest absolute Gasteiger partial charge is 0.379 e. The topological polar surface area (TPSA) is 63.9 Å². The van der Waals surface area contributed by atoms with E-state index in [-0.39, 0.29) is 0 Å². The van der Waals surface area contributed by atoms with Gasteiger partial charge in [0.05, 0.1) is 29.5 Å². The molecular formula is C26H31N3O3S2. The molecule has 2 fully saturated rings. The Morgan fingerprint density at radius 1 is 0.941 bits per heavy atom. The number of ether oxygens (including phenoxy) is 1. The molecule has 2 heterocycles. The summed E-state index contributed by atoms with van der Waals surface area (Å²) in [7, 11) is -3.50. The molecule has 2 aliphatic rings. The maximum absolute atomic E-state index is 12.9. The van der Waals surface area contributed by atoms with Crippen LogP contribution in [0.15, 0.2) is 63.8 Å². The van der Waals surface area contributed by atoms with Crippen molar-refractivity contribution in [3.63, 3.8) is 0 Å². The van der Waals surface area contributed by atoms with Gasteiger partial charge in [0, 0.05) is 24.5 Å². The molecule has 8 heteroatoms. The summed E-state index contributed by atoms with van der Waals surface area (Å²) in [5.41, 5.74) is 4.44. The third kappa shape index (κ3) is 4.91. The predicted octanol–water partition coefficient (Wildman–Crippen LogP) is 5.28. The van der Waals surface area contributed by atoms with Crippen molar-refractivity contribution in [2.45, 2.75) is 50.0 Å². The van der Waals surface area contributed by atoms with Crippen molar-refractivity contribution < 1.29 is 13.2 Å². The van der Waals surface area contributed by atoms with Crippen LogP contribution in [0.2, 0.25) is 0 Å². The van der Waals surface area contributed by atoms with Crippen LogP contribution < -0.4 is 4.80 Å². The monoisotopic (exact) mass is 497 g/mol. The van der Waals surface area contributed by atoms with Crippen LogP contribution in [0.3, 0.4) is 0 Å². The van der Waals surface area contributed by atoms with E-state index in [1.165, 1.54) is 53.2 Å². The second-order valence-electron chi connectivity index (χ2n) is 9.05. The van der Waals surface area contributed by atoms with Gasteiger partial charge in [-0.2, -0.15) is 4.31 Å². The molecule has 5 rings (SSSR count). The predicted molar refractivity (Wildman–Crippen MR) is 136 cm³/mol. The summed E-state index contributed by atoms with van der Waals surface area (Å²) in [6.45, 7) is 3.78. The second kappa shape index (κ2) is 10.2. The van der Waals surface area contributed by atoms with Gasteiger partial charge in [0.25, 0.3) is 0 Å². The van der Waals surface area contributed by atoms with Crippen molar-refractivity contribution in [1.29, 1.82) is 0 Å². The van der Waals surface area contributed by atoms with Crippen molar-refractivity contribution in [2.24, 2.45) is 4.99 Å². The SMILES string of the molecule is Cc1ccc(-c2csc(=Nc3ccc(S(=O)(=O)N4CCOCC4)cc3)n2C2CCCCC2)cc1. The zero-order chi connectivity index (χ0) is 23.5. The molecule has 34 heavy (non-hydrogen) atoms. The Morgan fingerprint density at radius 2 is 1.62 bits per heavy atom.